The first-order valence-electron chi connectivity index (χ1n) is 19.5. The van der Waals surface area contributed by atoms with Crippen molar-refractivity contribution in [3.63, 3.8) is 0 Å². The maximum Gasteiger partial charge on any atom is 0.410 e. The molecule has 290 valence electrons. The molecule has 3 amide bonds. The number of carbonyl (C=O) groups excluding carboxylic acids is 3. The molecular formula is C41H53N5O7S. The van der Waals surface area contributed by atoms with E-state index < -0.39 is 27.1 Å². The molecule has 0 spiro atoms. The summed E-state index contributed by atoms with van der Waals surface area (Å²) in [5.41, 5.74) is 4.22. The molecule has 1 aromatic heterocycles. The standard InChI is InChI=1S/C41H53N5O7S/c1-40(2,3)53-39(49)45-18-10-13-27-22-44(23-34(27)45)38(48)41-21-32(41)31-20-28(52-6)15-17-29(31)36-35(25-11-8-7-9-12-25)30-16-14-26(19-33(30)46(36)24-41)37(47)42-54(50,51)43(4)5/h14-17,19-20,25,27,32,34H,7-13,18,21-24H2,1-6H3,(H,42,47). The fourth-order valence-electron chi connectivity index (χ4n) is 9.90. The maximum absolute atomic E-state index is 15.2. The summed E-state index contributed by atoms with van der Waals surface area (Å²) >= 11 is 0. The fourth-order valence-corrected chi connectivity index (χ4v) is 10.4. The van der Waals surface area contributed by atoms with Crippen LogP contribution in [0.1, 0.15) is 105 Å². The highest BCUT2D eigenvalue weighted by molar-refractivity contribution is 7.87. The Balaban J connectivity index is 1.23. The van der Waals surface area contributed by atoms with E-state index in [9.17, 15) is 18.0 Å². The summed E-state index contributed by atoms with van der Waals surface area (Å²) < 4.78 is 42.3. The van der Waals surface area contributed by atoms with E-state index in [-0.39, 0.29) is 35.4 Å². The van der Waals surface area contributed by atoms with E-state index >= 15 is 4.79 Å². The van der Waals surface area contributed by atoms with Gasteiger partial charge in [0.25, 0.3) is 5.91 Å². The third-order valence-corrected chi connectivity index (χ3v) is 14.0. The number of rotatable bonds is 6. The van der Waals surface area contributed by atoms with Crippen LogP contribution in [0.2, 0.25) is 0 Å². The lowest BCUT2D eigenvalue weighted by molar-refractivity contribution is -0.137. The van der Waals surface area contributed by atoms with Gasteiger partial charge in [-0.3, -0.25) is 9.59 Å². The lowest BCUT2D eigenvalue weighted by Crippen LogP contribution is -2.50. The average Bonchev–Trinajstić information content (AvgIpc) is 3.59. The van der Waals surface area contributed by atoms with E-state index in [0.717, 1.165) is 76.3 Å². The minimum Gasteiger partial charge on any atom is -0.497 e. The number of hydrogen-bond donors (Lipinski definition) is 1. The van der Waals surface area contributed by atoms with E-state index in [4.69, 9.17) is 9.47 Å². The number of piperidine rings is 1. The minimum atomic E-state index is -4.01. The molecule has 8 rings (SSSR count). The van der Waals surface area contributed by atoms with Gasteiger partial charge in [-0.2, -0.15) is 12.7 Å². The van der Waals surface area contributed by atoms with Crippen molar-refractivity contribution >= 4 is 39.0 Å². The van der Waals surface area contributed by atoms with Gasteiger partial charge in [-0.15, -0.1) is 0 Å². The molecular weight excluding hydrogens is 707 g/mol. The van der Waals surface area contributed by atoms with Crippen LogP contribution in [0.4, 0.5) is 4.79 Å². The Bertz CT molecular complexity index is 2130. The number of likely N-dealkylation sites (tertiary alicyclic amines) is 2. The van der Waals surface area contributed by atoms with Crippen molar-refractivity contribution in [1.29, 1.82) is 0 Å². The molecule has 2 saturated carbocycles. The molecule has 54 heavy (non-hydrogen) atoms. The quantitative estimate of drug-likeness (QED) is 0.315. The van der Waals surface area contributed by atoms with Crippen molar-refractivity contribution in [3.8, 4) is 17.0 Å². The van der Waals surface area contributed by atoms with Crippen LogP contribution in [0.5, 0.6) is 5.75 Å². The van der Waals surface area contributed by atoms with E-state index in [1.54, 1.807) is 19.2 Å². The monoisotopic (exact) mass is 759 g/mol. The number of methoxy groups -OCH3 is 1. The number of carbonyl (C=O) groups is 3. The van der Waals surface area contributed by atoms with Gasteiger partial charge in [0.1, 0.15) is 11.4 Å². The molecule has 5 aliphatic rings. The lowest BCUT2D eigenvalue weighted by Gasteiger charge is -2.37. The van der Waals surface area contributed by atoms with Gasteiger partial charge < -0.3 is 23.8 Å². The van der Waals surface area contributed by atoms with E-state index in [1.165, 1.54) is 26.1 Å². The van der Waals surface area contributed by atoms with Crippen molar-refractivity contribution < 1.29 is 32.3 Å². The first-order chi connectivity index (χ1) is 25.6. The SMILES string of the molecule is COc1ccc2c(c1)C1CC1(C(=O)N1CC3CCCN(C(=O)OC(C)(C)C)C3C1)Cn1c-2c(C2CCCCC2)c2ccc(C(=O)NS(=O)(=O)N(C)C)cc21. The summed E-state index contributed by atoms with van der Waals surface area (Å²) in [6, 6.07) is 11.6. The second-order valence-corrected chi connectivity index (χ2v) is 19.2. The highest BCUT2D eigenvalue weighted by atomic mass is 32.2. The lowest BCUT2D eigenvalue weighted by atomic mass is 9.81. The molecule has 4 fully saturated rings. The van der Waals surface area contributed by atoms with Gasteiger partial charge in [0.2, 0.25) is 5.91 Å². The highest BCUT2D eigenvalue weighted by Gasteiger charge is 2.65. The van der Waals surface area contributed by atoms with Gasteiger partial charge >= 0.3 is 16.3 Å². The Morgan fingerprint density at radius 1 is 0.963 bits per heavy atom. The zero-order valence-corrected chi connectivity index (χ0v) is 33.1. The molecule has 4 heterocycles. The summed E-state index contributed by atoms with van der Waals surface area (Å²) in [6.07, 6.45) is 7.77. The van der Waals surface area contributed by atoms with Gasteiger partial charge in [-0.05, 0) is 106 Å². The number of amides is 3. The fraction of sp³-hybridized carbons (Fsp3) is 0.585. The Labute approximate surface area is 318 Å². The Morgan fingerprint density at radius 2 is 1.72 bits per heavy atom. The van der Waals surface area contributed by atoms with Crippen LogP contribution < -0.4 is 9.46 Å². The first kappa shape index (κ1) is 36.9. The average molecular weight is 760 g/mol. The topological polar surface area (TPSA) is 130 Å². The van der Waals surface area contributed by atoms with Crippen LogP contribution >= 0.6 is 0 Å². The second kappa shape index (κ2) is 13.3. The molecule has 0 bridgehead atoms. The summed E-state index contributed by atoms with van der Waals surface area (Å²) in [4.78, 5) is 45.9. The molecule has 2 saturated heterocycles. The molecule has 0 radical (unpaired) electrons. The first-order valence-corrected chi connectivity index (χ1v) is 20.9. The Hall–Kier alpha value is -4.10. The zero-order chi connectivity index (χ0) is 38.3. The highest BCUT2D eigenvalue weighted by Crippen LogP contribution is 2.66. The minimum absolute atomic E-state index is 0.0365. The van der Waals surface area contributed by atoms with Gasteiger partial charge in [0.15, 0.2) is 0 Å². The molecule has 1 N–H and O–H groups in total. The molecule has 4 atom stereocenters. The Morgan fingerprint density at radius 3 is 2.43 bits per heavy atom. The molecule has 3 aromatic rings. The smallest absolute Gasteiger partial charge is 0.410 e. The number of nitrogens with zero attached hydrogens (tertiary/aromatic N) is 4. The van der Waals surface area contributed by atoms with Crippen molar-refractivity contribution in [2.75, 3.05) is 40.8 Å². The summed E-state index contributed by atoms with van der Waals surface area (Å²) in [7, 11) is 0.411. The molecule has 4 unspecified atom stereocenters. The second-order valence-electron chi connectivity index (χ2n) is 17.4. The molecule has 13 heteroatoms. The predicted molar refractivity (Wildman–Crippen MR) is 206 cm³/mol. The molecule has 2 aliphatic carbocycles. The van der Waals surface area contributed by atoms with Crippen LogP contribution in [0.3, 0.4) is 0 Å². The summed E-state index contributed by atoms with van der Waals surface area (Å²) in [6.45, 7) is 7.74. The number of fused-ring (bicyclic) bond motifs is 8. The number of benzene rings is 2. The molecule has 12 nitrogen and oxygen atoms in total. The molecule has 2 aromatic carbocycles. The zero-order valence-electron chi connectivity index (χ0n) is 32.3. The van der Waals surface area contributed by atoms with Crippen LogP contribution in [0.25, 0.3) is 22.2 Å². The normalized spacial score (nSPS) is 25.4. The third-order valence-electron chi connectivity index (χ3n) is 12.6. The van der Waals surface area contributed by atoms with Crippen molar-refractivity contribution in [1.82, 2.24) is 23.4 Å². The van der Waals surface area contributed by atoms with E-state index in [2.05, 4.69) is 21.4 Å². The summed E-state index contributed by atoms with van der Waals surface area (Å²) in [5.74, 6) is 0.589. The number of nitrogens with one attached hydrogen (secondary N) is 1. The van der Waals surface area contributed by atoms with Crippen LogP contribution in [-0.4, -0.2) is 97.5 Å². The summed E-state index contributed by atoms with van der Waals surface area (Å²) in [5, 5.41) is 1.03. The number of hydrogen-bond acceptors (Lipinski definition) is 7. The third kappa shape index (κ3) is 6.24. The number of ether oxygens (including phenoxy) is 2. The number of aromatic nitrogens is 1. The van der Waals surface area contributed by atoms with Crippen LogP contribution in [0.15, 0.2) is 36.4 Å². The van der Waals surface area contributed by atoms with Gasteiger partial charge in [-0.1, -0.05) is 25.3 Å². The van der Waals surface area contributed by atoms with Crippen LogP contribution in [-0.2, 0) is 26.3 Å². The van der Waals surface area contributed by atoms with Crippen molar-refractivity contribution in [2.24, 2.45) is 11.3 Å². The Kier molecular flexibility index (Phi) is 9.07. The largest absolute Gasteiger partial charge is 0.497 e. The maximum atomic E-state index is 15.2. The van der Waals surface area contributed by atoms with Crippen molar-refractivity contribution in [2.45, 2.75) is 102 Å². The van der Waals surface area contributed by atoms with E-state index in [1.807, 2.05) is 42.7 Å². The van der Waals surface area contributed by atoms with Crippen molar-refractivity contribution in [3.05, 3.63) is 53.1 Å². The predicted octanol–water partition coefficient (Wildman–Crippen LogP) is 6.25. The molecule has 3 aliphatic heterocycles. The van der Waals surface area contributed by atoms with E-state index in [0.29, 0.717) is 38.5 Å². The van der Waals surface area contributed by atoms with Gasteiger partial charge in [-0.25, -0.2) is 9.52 Å². The van der Waals surface area contributed by atoms with Gasteiger partial charge in [0, 0.05) is 68.2 Å². The van der Waals surface area contributed by atoms with Crippen LogP contribution in [0, 0.1) is 11.3 Å². The van der Waals surface area contributed by atoms with Gasteiger partial charge in [0.05, 0.1) is 24.3 Å².